The lowest BCUT2D eigenvalue weighted by molar-refractivity contribution is 0.520. The summed E-state index contributed by atoms with van der Waals surface area (Å²) >= 11 is 1.99. The van der Waals surface area contributed by atoms with Crippen LogP contribution in [0.5, 0.6) is 0 Å². The Bertz CT molecular complexity index is 714. The first-order valence-corrected chi connectivity index (χ1v) is 9.67. The first-order chi connectivity index (χ1) is 11.8. The van der Waals surface area contributed by atoms with Crippen LogP contribution in [-0.2, 0) is 12.2 Å². The molecule has 0 bridgehead atoms. The van der Waals surface area contributed by atoms with Crippen LogP contribution in [0.4, 0.5) is 11.6 Å². The maximum Gasteiger partial charge on any atom is 0.151 e. The van der Waals surface area contributed by atoms with Crippen molar-refractivity contribution >= 4 is 23.4 Å². The normalized spacial score (nSPS) is 18.3. The standard InChI is InChI=1S/C17H22N6S/c1-12-8-16(19-11-18-12)20-14-2-5-23(6-3-14)17-9-13-10-24-7-4-15(13)21-22-17/h8-9,11,14H,2-7,10H2,1H3,(H,18,19,20). The van der Waals surface area contributed by atoms with Gasteiger partial charge < -0.3 is 10.2 Å². The van der Waals surface area contributed by atoms with E-state index in [2.05, 4.69) is 36.4 Å². The van der Waals surface area contributed by atoms with Crippen LogP contribution in [-0.4, -0.2) is 45.0 Å². The minimum Gasteiger partial charge on any atom is -0.367 e. The predicted octanol–water partition coefficient (Wildman–Crippen LogP) is 2.45. The van der Waals surface area contributed by atoms with Gasteiger partial charge in [-0.3, -0.25) is 0 Å². The zero-order valence-electron chi connectivity index (χ0n) is 13.9. The fourth-order valence-electron chi connectivity index (χ4n) is 3.28. The number of fused-ring (bicyclic) bond motifs is 1. The highest BCUT2D eigenvalue weighted by atomic mass is 32.2. The molecule has 0 spiro atoms. The summed E-state index contributed by atoms with van der Waals surface area (Å²) in [4.78, 5) is 10.8. The van der Waals surface area contributed by atoms with Gasteiger partial charge in [0.25, 0.3) is 0 Å². The number of hydrogen-bond acceptors (Lipinski definition) is 7. The van der Waals surface area contributed by atoms with Crippen molar-refractivity contribution < 1.29 is 0 Å². The van der Waals surface area contributed by atoms with Crippen molar-refractivity contribution in [3.8, 4) is 0 Å². The highest BCUT2D eigenvalue weighted by Gasteiger charge is 2.22. The molecule has 4 heterocycles. The average molecular weight is 342 g/mol. The first kappa shape index (κ1) is 15.6. The molecule has 0 unspecified atom stereocenters. The molecule has 7 heteroatoms. The van der Waals surface area contributed by atoms with Gasteiger partial charge in [0.05, 0.1) is 5.69 Å². The van der Waals surface area contributed by atoms with Crippen LogP contribution in [0.15, 0.2) is 18.5 Å². The van der Waals surface area contributed by atoms with Gasteiger partial charge in [0.15, 0.2) is 5.82 Å². The Kier molecular flexibility index (Phi) is 4.51. The van der Waals surface area contributed by atoms with Crippen molar-refractivity contribution in [3.05, 3.63) is 35.4 Å². The van der Waals surface area contributed by atoms with Crippen molar-refractivity contribution in [2.75, 3.05) is 29.1 Å². The molecular formula is C17H22N6S. The molecule has 126 valence electrons. The third-order valence-electron chi connectivity index (χ3n) is 4.66. The molecule has 0 amide bonds. The Balaban J connectivity index is 1.37. The van der Waals surface area contributed by atoms with E-state index in [9.17, 15) is 0 Å². The van der Waals surface area contributed by atoms with E-state index < -0.39 is 0 Å². The molecule has 2 aliphatic rings. The summed E-state index contributed by atoms with van der Waals surface area (Å²) in [6, 6.07) is 4.70. The van der Waals surface area contributed by atoms with Gasteiger partial charge >= 0.3 is 0 Å². The molecule has 0 saturated carbocycles. The molecule has 2 aliphatic heterocycles. The van der Waals surface area contributed by atoms with Crippen molar-refractivity contribution in [2.45, 2.75) is 38.0 Å². The van der Waals surface area contributed by atoms with Gasteiger partial charge in [0.1, 0.15) is 12.1 Å². The van der Waals surface area contributed by atoms with E-state index in [1.807, 2.05) is 24.8 Å². The Morgan fingerprint density at radius 1 is 1.17 bits per heavy atom. The Labute approximate surface area is 146 Å². The van der Waals surface area contributed by atoms with E-state index >= 15 is 0 Å². The predicted molar refractivity (Wildman–Crippen MR) is 97.5 cm³/mol. The van der Waals surface area contributed by atoms with Crippen LogP contribution >= 0.6 is 11.8 Å². The SMILES string of the molecule is Cc1cc(NC2CCN(c3cc4c(nn3)CCSC4)CC2)ncn1. The second-order valence-electron chi connectivity index (χ2n) is 6.43. The quantitative estimate of drug-likeness (QED) is 0.919. The Morgan fingerprint density at radius 2 is 2.04 bits per heavy atom. The van der Waals surface area contributed by atoms with Gasteiger partial charge in [-0.2, -0.15) is 16.9 Å². The van der Waals surface area contributed by atoms with Gasteiger partial charge in [-0.15, -0.1) is 5.10 Å². The van der Waals surface area contributed by atoms with Gasteiger partial charge in [0.2, 0.25) is 0 Å². The van der Waals surface area contributed by atoms with E-state index in [-0.39, 0.29) is 0 Å². The summed E-state index contributed by atoms with van der Waals surface area (Å²) in [6.45, 7) is 3.99. The molecule has 6 nitrogen and oxygen atoms in total. The van der Waals surface area contributed by atoms with Gasteiger partial charge in [-0.1, -0.05) is 0 Å². The van der Waals surface area contributed by atoms with E-state index in [0.717, 1.165) is 55.4 Å². The molecule has 2 aromatic heterocycles. The van der Waals surface area contributed by atoms with E-state index in [4.69, 9.17) is 0 Å². The molecule has 2 aromatic rings. The number of hydrogen-bond donors (Lipinski definition) is 1. The van der Waals surface area contributed by atoms with Gasteiger partial charge in [0, 0.05) is 43.1 Å². The molecule has 1 fully saturated rings. The number of rotatable bonds is 3. The highest BCUT2D eigenvalue weighted by Crippen LogP contribution is 2.26. The smallest absolute Gasteiger partial charge is 0.151 e. The molecule has 24 heavy (non-hydrogen) atoms. The largest absolute Gasteiger partial charge is 0.367 e. The molecule has 0 aromatic carbocycles. The number of aryl methyl sites for hydroxylation is 2. The van der Waals surface area contributed by atoms with Crippen LogP contribution in [0.2, 0.25) is 0 Å². The van der Waals surface area contributed by atoms with E-state index in [1.165, 1.54) is 17.0 Å². The maximum absolute atomic E-state index is 4.46. The number of anilines is 2. The lowest BCUT2D eigenvalue weighted by Crippen LogP contribution is -2.40. The minimum atomic E-state index is 0.455. The van der Waals surface area contributed by atoms with Crippen LogP contribution in [0.25, 0.3) is 0 Å². The fraction of sp³-hybridized carbons (Fsp3) is 0.529. The topological polar surface area (TPSA) is 66.8 Å². The summed E-state index contributed by atoms with van der Waals surface area (Å²) in [6.07, 6.45) is 4.83. The zero-order valence-corrected chi connectivity index (χ0v) is 14.7. The van der Waals surface area contributed by atoms with Gasteiger partial charge in [-0.25, -0.2) is 9.97 Å². The molecule has 4 rings (SSSR count). The molecule has 1 saturated heterocycles. The van der Waals surface area contributed by atoms with Crippen molar-refractivity contribution in [1.82, 2.24) is 20.2 Å². The number of piperidine rings is 1. The van der Waals surface area contributed by atoms with Crippen LogP contribution in [0.1, 0.15) is 29.8 Å². The summed E-state index contributed by atoms with van der Waals surface area (Å²) in [5, 5.41) is 12.4. The average Bonchev–Trinajstić information content (AvgIpc) is 2.62. The van der Waals surface area contributed by atoms with E-state index in [0.29, 0.717) is 6.04 Å². The highest BCUT2D eigenvalue weighted by molar-refractivity contribution is 7.98. The lowest BCUT2D eigenvalue weighted by Gasteiger charge is -2.33. The first-order valence-electron chi connectivity index (χ1n) is 8.51. The molecule has 1 N–H and O–H groups in total. The zero-order chi connectivity index (χ0) is 16.4. The Hall–Kier alpha value is -1.89. The third-order valence-corrected chi connectivity index (χ3v) is 5.67. The lowest BCUT2D eigenvalue weighted by atomic mass is 10.0. The second-order valence-corrected chi connectivity index (χ2v) is 7.53. The third kappa shape index (κ3) is 3.45. The van der Waals surface area contributed by atoms with Crippen LogP contribution < -0.4 is 10.2 Å². The van der Waals surface area contributed by atoms with Gasteiger partial charge in [-0.05, 0) is 37.1 Å². The summed E-state index contributed by atoms with van der Waals surface area (Å²) < 4.78 is 0. The fourth-order valence-corrected chi connectivity index (χ4v) is 4.23. The summed E-state index contributed by atoms with van der Waals surface area (Å²) in [5.41, 5.74) is 3.55. The summed E-state index contributed by atoms with van der Waals surface area (Å²) in [5.74, 6) is 4.20. The van der Waals surface area contributed by atoms with Crippen LogP contribution in [0.3, 0.4) is 0 Å². The molecule has 0 aliphatic carbocycles. The Morgan fingerprint density at radius 3 is 2.88 bits per heavy atom. The summed E-state index contributed by atoms with van der Waals surface area (Å²) in [7, 11) is 0. The molecular weight excluding hydrogens is 320 g/mol. The van der Waals surface area contributed by atoms with Crippen molar-refractivity contribution in [3.63, 3.8) is 0 Å². The minimum absolute atomic E-state index is 0.455. The number of nitrogens with zero attached hydrogens (tertiary/aromatic N) is 5. The maximum atomic E-state index is 4.46. The van der Waals surface area contributed by atoms with Crippen LogP contribution in [0, 0.1) is 6.92 Å². The number of aromatic nitrogens is 4. The van der Waals surface area contributed by atoms with Crippen molar-refractivity contribution in [2.24, 2.45) is 0 Å². The van der Waals surface area contributed by atoms with Crippen molar-refractivity contribution in [1.29, 1.82) is 0 Å². The number of nitrogens with one attached hydrogen (secondary N) is 1. The molecule has 0 radical (unpaired) electrons. The monoisotopic (exact) mass is 342 g/mol. The van der Waals surface area contributed by atoms with E-state index in [1.54, 1.807) is 6.33 Å². The number of thioether (sulfide) groups is 1. The molecule has 0 atom stereocenters. The second kappa shape index (κ2) is 6.93.